The van der Waals surface area contributed by atoms with Crippen molar-refractivity contribution in [2.75, 3.05) is 6.26 Å². The van der Waals surface area contributed by atoms with E-state index >= 15 is 0 Å². The second-order valence-corrected chi connectivity index (χ2v) is 28.8. The van der Waals surface area contributed by atoms with Gasteiger partial charge in [0.15, 0.2) is 15.6 Å². The van der Waals surface area contributed by atoms with Crippen molar-refractivity contribution in [3.05, 3.63) is 174 Å². The predicted molar refractivity (Wildman–Crippen MR) is 428 cm³/mol. The molecule has 0 aliphatic heterocycles. The van der Waals surface area contributed by atoms with Gasteiger partial charge in [0.2, 0.25) is 0 Å². The summed E-state index contributed by atoms with van der Waals surface area (Å²) in [5.41, 5.74) is 4.79. The highest BCUT2D eigenvalue weighted by Crippen LogP contribution is 2.14. The maximum Gasteiger partial charge on any atom is 0.180 e. The maximum atomic E-state index is 11.5. The third-order valence-electron chi connectivity index (χ3n) is 11.6. The van der Waals surface area contributed by atoms with Crippen LogP contribution in [0, 0.1) is 59.2 Å². The van der Waals surface area contributed by atoms with Crippen molar-refractivity contribution in [1.29, 1.82) is 0 Å². The Kier molecular flexibility index (Phi) is 92.3. The molecule has 0 spiro atoms. The van der Waals surface area contributed by atoms with E-state index in [1.54, 1.807) is 78.8 Å². The van der Waals surface area contributed by atoms with Gasteiger partial charge in [-0.3, -0.25) is 19.2 Å². The summed E-state index contributed by atoms with van der Waals surface area (Å²) in [6.45, 7) is 66.5. The lowest BCUT2D eigenvalue weighted by molar-refractivity contribution is -0.120. The number of rotatable bonds is 13. The van der Waals surface area contributed by atoms with Crippen molar-refractivity contribution in [2.45, 2.75) is 277 Å². The van der Waals surface area contributed by atoms with E-state index in [1.807, 2.05) is 185 Å². The van der Waals surface area contributed by atoms with Crippen molar-refractivity contribution in [3.63, 3.8) is 0 Å². The SMILES string of the molecule is C.CC.CC.CC.CC.CC.CC(=O)C(C)C.CC(=O)C(C)C.CC(=O)C(C)C.CC(C)C#Cc1ccccc1.CC(C)C(=O)c1ccccc1.CC(C)Cc1ccccc1.CC(C)Cc1ccccc1.CC(C)S(=O)(=O)c1ccccc1.CC(C)S(C)(=O)=O.CCC(C)C. The van der Waals surface area contributed by atoms with Crippen LogP contribution in [-0.2, 0) is 46.9 Å². The zero-order valence-electron chi connectivity index (χ0n) is 66.9. The second-order valence-electron chi connectivity index (χ2n) is 23.7. The molecule has 0 atom stereocenters. The van der Waals surface area contributed by atoms with Crippen molar-refractivity contribution >= 4 is 42.8 Å². The summed E-state index contributed by atoms with van der Waals surface area (Å²) < 4.78 is 43.7. The van der Waals surface area contributed by atoms with Crippen LogP contribution >= 0.6 is 0 Å². The molecule has 5 aromatic rings. The molecule has 0 unspecified atom stereocenters. The van der Waals surface area contributed by atoms with Crippen molar-refractivity contribution in [1.82, 2.24) is 0 Å². The number of carbonyl (C=O) groups is 4. The average Bonchev–Trinajstić information content (AvgIpc) is 0.944. The molecule has 0 saturated carbocycles. The minimum absolute atomic E-state index is 0. The van der Waals surface area contributed by atoms with E-state index in [9.17, 15) is 36.0 Å². The Morgan fingerprint density at radius 2 is 0.600 bits per heavy atom. The summed E-state index contributed by atoms with van der Waals surface area (Å²) in [4.78, 5) is 42.2. The van der Waals surface area contributed by atoms with Crippen molar-refractivity contribution < 1.29 is 36.0 Å². The van der Waals surface area contributed by atoms with E-state index in [1.165, 1.54) is 36.6 Å². The molecule has 0 aliphatic rings. The van der Waals surface area contributed by atoms with Gasteiger partial charge < -0.3 is 0 Å². The smallest absolute Gasteiger partial charge is 0.180 e. The Hall–Kier alpha value is -5.76. The number of carbonyl (C=O) groups excluding carboxylic acids is 4. The molecule has 5 aromatic carbocycles. The Morgan fingerprint density at radius 3 is 0.789 bits per heavy atom. The van der Waals surface area contributed by atoms with Gasteiger partial charge in [0.25, 0.3) is 0 Å². The lowest BCUT2D eigenvalue weighted by Gasteiger charge is -2.06. The summed E-state index contributed by atoms with van der Waals surface area (Å²) in [5, 5.41) is -0.576. The molecular formula is C85H150O8S2. The first-order chi connectivity index (χ1) is 43.8. The molecule has 0 N–H and O–H groups in total. The van der Waals surface area contributed by atoms with Gasteiger partial charge in [0, 0.05) is 47.0 Å². The first kappa shape index (κ1) is 114. The lowest BCUT2D eigenvalue weighted by Crippen LogP contribution is -2.13. The van der Waals surface area contributed by atoms with E-state index < -0.39 is 19.7 Å². The Morgan fingerprint density at radius 1 is 0.368 bits per heavy atom. The Labute approximate surface area is 592 Å². The summed E-state index contributed by atoms with van der Waals surface area (Å²) >= 11 is 0. The molecule has 8 nitrogen and oxygen atoms in total. The van der Waals surface area contributed by atoms with Crippen LogP contribution in [0.3, 0.4) is 0 Å². The third kappa shape index (κ3) is 86.2. The van der Waals surface area contributed by atoms with Gasteiger partial charge in [-0.05, 0) is 114 Å². The zero-order chi connectivity index (χ0) is 76.2. The number of Topliss-reactive ketones (excluding diaryl/α,β-unsaturated/α-hetero) is 4. The van der Waals surface area contributed by atoms with Crippen LogP contribution in [-0.4, -0.2) is 56.7 Å². The van der Waals surface area contributed by atoms with Crippen molar-refractivity contribution in [2.24, 2.45) is 47.3 Å². The number of ketones is 4. The molecule has 0 aliphatic carbocycles. The van der Waals surface area contributed by atoms with Gasteiger partial charge in [-0.25, -0.2) is 16.8 Å². The van der Waals surface area contributed by atoms with E-state index in [-0.39, 0.29) is 64.7 Å². The van der Waals surface area contributed by atoms with E-state index in [0.717, 1.165) is 28.9 Å². The summed E-state index contributed by atoms with van der Waals surface area (Å²) in [6.07, 6.45) is 4.93. The summed E-state index contributed by atoms with van der Waals surface area (Å²) in [6, 6.07) is 49.2. The topological polar surface area (TPSA) is 137 Å². The summed E-state index contributed by atoms with van der Waals surface area (Å²) in [5.74, 6) is 10.8. The van der Waals surface area contributed by atoms with E-state index in [2.05, 4.69) is 135 Å². The van der Waals surface area contributed by atoms with Gasteiger partial charge in [-0.15, -0.1) is 0 Å². The monoisotopic (exact) mass is 1360 g/mol. The third-order valence-corrected chi connectivity index (χ3v) is 15.5. The minimum atomic E-state index is -3.08. The standard InChI is InChI=1S/C11H12.C10H12O.2C10H14.C9H12O2S.3C5H10O.C5H12.C4H10O2S.5C2H6.CH4/c1-10(2)8-9-11-6-4-3-5-7-11;1-8(2)10(11)9-6-4-3-5-7-9;2*1-9(2)8-10-6-4-3-5-7-10;1-8(2)12(10,11)9-6-4-3-5-7-9;3*1-4(2)5(3)6;1-4-5(2)3;1-4(2)7(3,5)6;5*1-2;/h3-7,10H,1-2H3;3-8H,1-2H3;2*3-7,9H,8H2,1-2H3;3-8H,1-2H3;3*4H,1-3H3;5H,4H2,1-3H3;4H,1-3H3;5*1-2H3;1H4. The molecule has 0 radical (unpaired) electrons. The number of hydrogen-bond acceptors (Lipinski definition) is 8. The predicted octanol–water partition coefficient (Wildman–Crippen LogP) is 24.8. The molecule has 0 saturated heterocycles. The fraction of sp³-hybridized carbons (Fsp3) is 0.576. The van der Waals surface area contributed by atoms with Gasteiger partial charge in [0.1, 0.15) is 27.2 Å². The highest BCUT2D eigenvalue weighted by molar-refractivity contribution is 7.92. The quantitative estimate of drug-likeness (QED) is 0.0840. The van der Waals surface area contributed by atoms with Crippen LogP contribution < -0.4 is 0 Å². The van der Waals surface area contributed by atoms with Gasteiger partial charge in [-0.1, -0.05) is 340 Å². The van der Waals surface area contributed by atoms with Crippen LogP contribution in [0.4, 0.5) is 0 Å². The van der Waals surface area contributed by atoms with Crippen LogP contribution in [0.15, 0.2) is 157 Å². The normalized spacial score (nSPS) is 9.40. The fourth-order valence-corrected chi connectivity index (χ4v) is 5.82. The molecule has 95 heavy (non-hydrogen) atoms. The fourth-order valence-electron chi connectivity index (χ4n) is 4.74. The zero-order valence-corrected chi connectivity index (χ0v) is 68.5. The first-order valence-electron chi connectivity index (χ1n) is 35.0. The molecule has 550 valence electrons. The largest absolute Gasteiger partial charge is 0.300 e. The maximum absolute atomic E-state index is 11.5. The molecule has 0 heterocycles. The van der Waals surface area contributed by atoms with Crippen LogP contribution in [0.25, 0.3) is 0 Å². The van der Waals surface area contributed by atoms with Crippen LogP contribution in [0.5, 0.6) is 0 Å². The van der Waals surface area contributed by atoms with Crippen LogP contribution in [0.1, 0.15) is 276 Å². The van der Waals surface area contributed by atoms with Crippen LogP contribution in [0.2, 0.25) is 0 Å². The molecule has 0 amide bonds. The highest BCUT2D eigenvalue weighted by atomic mass is 32.2. The average molecular weight is 1360 g/mol. The van der Waals surface area contributed by atoms with Crippen molar-refractivity contribution in [3.8, 4) is 11.8 Å². The van der Waals surface area contributed by atoms with Gasteiger partial charge in [0.05, 0.1) is 15.4 Å². The molecule has 5 rings (SSSR count). The molecule has 10 heteroatoms. The Bertz CT molecular complexity index is 2590. The van der Waals surface area contributed by atoms with Gasteiger partial charge >= 0.3 is 0 Å². The minimum Gasteiger partial charge on any atom is -0.300 e. The number of sulfone groups is 2. The number of benzene rings is 5. The Balaban J connectivity index is -0.0000000912. The van der Waals surface area contributed by atoms with Gasteiger partial charge in [-0.2, -0.15) is 0 Å². The number of hydrogen-bond donors (Lipinski definition) is 0. The lowest BCUT2D eigenvalue weighted by atomic mass is 10.0. The molecule has 0 bridgehead atoms. The van der Waals surface area contributed by atoms with E-state index in [0.29, 0.717) is 10.8 Å². The molecular weight excluding hydrogens is 1210 g/mol. The highest BCUT2D eigenvalue weighted by Gasteiger charge is 2.18. The molecule has 0 aromatic heterocycles. The van der Waals surface area contributed by atoms with E-state index in [4.69, 9.17) is 0 Å². The first-order valence-corrected chi connectivity index (χ1v) is 38.5. The second kappa shape index (κ2) is 77.2. The summed E-state index contributed by atoms with van der Waals surface area (Å²) in [7, 11) is -5.82. The molecule has 0 fully saturated rings.